The molecule has 0 aromatic heterocycles. The Kier molecular flexibility index (Phi) is 6.05. The number of benzene rings is 1. The second-order valence-electron chi connectivity index (χ2n) is 4.83. The molecular formula is C14H23N3OS. The fraction of sp³-hybridized carbons (Fsp3) is 0.500. The quantitative estimate of drug-likeness (QED) is 0.771. The van der Waals surface area contributed by atoms with Gasteiger partial charge in [0.05, 0.1) is 12.8 Å². The van der Waals surface area contributed by atoms with E-state index < -0.39 is 0 Å². The van der Waals surface area contributed by atoms with Gasteiger partial charge in [-0.15, -0.1) is 0 Å². The highest BCUT2D eigenvalue weighted by atomic mass is 32.1. The molecule has 0 aliphatic carbocycles. The van der Waals surface area contributed by atoms with Crippen LogP contribution in [0.1, 0.15) is 12.0 Å². The van der Waals surface area contributed by atoms with E-state index in [2.05, 4.69) is 23.9 Å². The van der Waals surface area contributed by atoms with Crippen molar-refractivity contribution < 1.29 is 4.74 Å². The topological polar surface area (TPSA) is 41.7 Å². The lowest BCUT2D eigenvalue weighted by atomic mass is 10.1. The SMILES string of the molecule is COc1ccc(C(N)=S)c(N(C)CCCN(C)C)c1. The largest absolute Gasteiger partial charge is 0.497 e. The van der Waals surface area contributed by atoms with E-state index in [1.54, 1.807) is 7.11 Å². The third-order valence-corrected chi connectivity index (χ3v) is 3.20. The molecule has 0 unspecified atom stereocenters. The van der Waals surface area contributed by atoms with Gasteiger partial charge in [-0.05, 0) is 39.2 Å². The lowest BCUT2D eigenvalue weighted by Gasteiger charge is -2.23. The summed E-state index contributed by atoms with van der Waals surface area (Å²) in [6, 6.07) is 5.77. The molecule has 0 spiro atoms. The van der Waals surface area contributed by atoms with Crippen molar-refractivity contribution in [3.8, 4) is 5.75 Å². The van der Waals surface area contributed by atoms with Crippen molar-refractivity contribution in [1.29, 1.82) is 0 Å². The Morgan fingerprint density at radius 3 is 2.47 bits per heavy atom. The number of thiocarbonyl (C=S) groups is 1. The van der Waals surface area contributed by atoms with Gasteiger partial charge in [0.1, 0.15) is 10.7 Å². The number of hydrogen-bond acceptors (Lipinski definition) is 4. The minimum Gasteiger partial charge on any atom is -0.497 e. The number of anilines is 1. The molecule has 0 heterocycles. The summed E-state index contributed by atoms with van der Waals surface area (Å²) in [5, 5.41) is 0. The van der Waals surface area contributed by atoms with Gasteiger partial charge in [0.2, 0.25) is 0 Å². The Hall–Kier alpha value is -1.33. The smallest absolute Gasteiger partial charge is 0.120 e. The van der Waals surface area contributed by atoms with Gasteiger partial charge in [0.15, 0.2) is 0 Å². The van der Waals surface area contributed by atoms with E-state index in [9.17, 15) is 0 Å². The molecule has 0 aliphatic rings. The lowest BCUT2D eigenvalue weighted by Crippen LogP contribution is -2.25. The zero-order chi connectivity index (χ0) is 14.4. The molecule has 1 aromatic rings. The first-order valence-corrected chi connectivity index (χ1v) is 6.70. The van der Waals surface area contributed by atoms with Crippen LogP contribution in [0.5, 0.6) is 5.75 Å². The van der Waals surface area contributed by atoms with Crippen molar-refractivity contribution in [3.63, 3.8) is 0 Å². The van der Waals surface area contributed by atoms with Crippen molar-refractivity contribution in [2.24, 2.45) is 5.73 Å². The van der Waals surface area contributed by atoms with Crippen molar-refractivity contribution in [2.75, 3.05) is 46.2 Å². The molecule has 0 aliphatic heterocycles. The van der Waals surface area contributed by atoms with E-state index in [0.29, 0.717) is 4.99 Å². The number of hydrogen-bond donors (Lipinski definition) is 1. The van der Waals surface area contributed by atoms with Crippen LogP contribution in [0.4, 0.5) is 5.69 Å². The van der Waals surface area contributed by atoms with E-state index in [1.807, 2.05) is 25.2 Å². The average Bonchev–Trinajstić information content (AvgIpc) is 2.37. The monoisotopic (exact) mass is 281 g/mol. The molecule has 2 N–H and O–H groups in total. The van der Waals surface area contributed by atoms with E-state index in [0.717, 1.165) is 36.5 Å². The predicted molar refractivity (Wildman–Crippen MR) is 85.3 cm³/mol. The minimum atomic E-state index is 0.414. The zero-order valence-electron chi connectivity index (χ0n) is 12.1. The molecule has 4 nitrogen and oxygen atoms in total. The fourth-order valence-corrected chi connectivity index (χ4v) is 2.08. The van der Waals surface area contributed by atoms with Crippen LogP contribution in [0.3, 0.4) is 0 Å². The summed E-state index contributed by atoms with van der Waals surface area (Å²) in [6.07, 6.45) is 1.08. The first kappa shape index (κ1) is 15.7. The second kappa shape index (κ2) is 7.31. The van der Waals surface area contributed by atoms with Crippen LogP contribution in [0.25, 0.3) is 0 Å². The molecule has 0 bridgehead atoms. The molecule has 0 atom stereocenters. The lowest BCUT2D eigenvalue weighted by molar-refractivity contribution is 0.401. The fourth-order valence-electron chi connectivity index (χ4n) is 1.91. The van der Waals surface area contributed by atoms with Crippen LogP contribution in [-0.2, 0) is 0 Å². The maximum absolute atomic E-state index is 5.78. The van der Waals surface area contributed by atoms with E-state index in [-0.39, 0.29) is 0 Å². The van der Waals surface area contributed by atoms with Crippen molar-refractivity contribution >= 4 is 22.9 Å². The highest BCUT2D eigenvalue weighted by Crippen LogP contribution is 2.25. The normalized spacial score (nSPS) is 10.6. The van der Waals surface area contributed by atoms with Gasteiger partial charge in [-0.3, -0.25) is 0 Å². The Balaban J connectivity index is 2.86. The van der Waals surface area contributed by atoms with Crippen LogP contribution in [0, 0.1) is 0 Å². The van der Waals surface area contributed by atoms with E-state index in [1.165, 1.54) is 0 Å². The van der Waals surface area contributed by atoms with Gasteiger partial charge < -0.3 is 20.3 Å². The molecule has 1 aromatic carbocycles. The number of methoxy groups -OCH3 is 1. The Bertz CT molecular complexity index is 435. The van der Waals surface area contributed by atoms with E-state index in [4.69, 9.17) is 22.7 Å². The Morgan fingerprint density at radius 1 is 1.26 bits per heavy atom. The molecule has 0 fully saturated rings. The van der Waals surface area contributed by atoms with Crippen molar-refractivity contribution in [3.05, 3.63) is 23.8 Å². The van der Waals surface area contributed by atoms with Crippen molar-refractivity contribution in [1.82, 2.24) is 4.90 Å². The highest BCUT2D eigenvalue weighted by Gasteiger charge is 2.11. The Morgan fingerprint density at radius 2 is 1.95 bits per heavy atom. The molecule has 106 valence electrons. The summed E-state index contributed by atoms with van der Waals surface area (Å²) in [7, 11) is 7.86. The van der Waals surface area contributed by atoms with Crippen molar-refractivity contribution in [2.45, 2.75) is 6.42 Å². The average molecular weight is 281 g/mol. The third-order valence-electron chi connectivity index (χ3n) is 2.98. The number of nitrogens with two attached hydrogens (primary N) is 1. The van der Waals surface area contributed by atoms with Crippen LogP contribution in [-0.4, -0.2) is 51.2 Å². The molecule has 0 amide bonds. The molecule has 0 saturated carbocycles. The summed E-state index contributed by atoms with van der Waals surface area (Å²) in [5.74, 6) is 0.814. The van der Waals surface area contributed by atoms with Gasteiger partial charge in [-0.2, -0.15) is 0 Å². The maximum Gasteiger partial charge on any atom is 0.120 e. The molecule has 0 saturated heterocycles. The summed E-state index contributed by atoms with van der Waals surface area (Å²) in [5.41, 5.74) is 7.69. The van der Waals surface area contributed by atoms with Crippen LogP contribution < -0.4 is 15.4 Å². The zero-order valence-corrected chi connectivity index (χ0v) is 13.0. The van der Waals surface area contributed by atoms with Gasteiger partial charge in [-0.25, -0.2) is 0 Å². The first-order chi connectivity index (χ1) is 8.95. The van der Waals surface area contributed by atoms with Crippen LogP contribution in [0.15, 0.2) is 18.2 Å². The summed E-state index contributed by atoms with van der Waals surface area (Å²) < 4.78 is 5.26. The highest BCUT2D eigenvalue weighted by molar-refractivity contribution is 7.80. The van der Waals surface area contributed by atoms with Gasteiger partial charge in [0, 0.05) is 25.2 Å². The maximum atomic E-state index is 5.78. The molecule has 0 radical (unpaired) electrons. The van der Waals surface area contributed by atoms with Gasteiger partial charge in [-0.1, -0.05) is 12.2 Å². The summed E-state index contributed by atoms with van der Waals surface area (Å²) >= 11 is 5.10. The van der Waals surface area contributed by atoms with Crippen LogP contribution >= 0.6 is 12.2 Å². The number of rotatable bonds is 7. The molecular weight excluding hydrogens is 258 g/mol. The molecule has 19 heavy (non-hydrogen) atoms. The Labute approximate surface area is 121 Å². The number of ether oxygens (including phenoxy) is 1. The summed E-state index contributed by atoms with van der Waals surface area (Å²) in [4.78, 5) is 4.76. The standard InChI is InChI=1S/C14H23N3OS/c1-16(2)8-5-9-17(3)13-10-11(18-4)6-7-12(13)14(15)19/h6-7,10H,5,8-9H2,1-4H3,(H2,15,19). The minimum absolute atomic E-state index is 0.414. The van der Waals surface area contributed by atoms with Crippen LogP contribution in [0.2, 0.25) is 0 Å². The molecule has 1 rings (SSSR count). The summed E-state index contributed by atoms with van der Waals surface area (Å²) in [6.45, 7) is 2.00. The van der Waals surface area contributed by atoms with Gasteiger partial charge in [0.25, 0.3) is 0 Å². The molecule has 5 heteroatoms. The first-order valence-electron chi connectivity index (χ1n) is 6.29. The third kappa shape index (κ3) is 4.69. The van der Waals surface area contributed by atoms with E-state index >= 15 is 0 Å². The second-order valence-corrected chi connectivity index (χ2v) is 5.27. The van der Waals surface area contributed by atoms with Gasteiger partial charge >= 0.3 is 0 Å². The number of nitrogens with zero attached hydrogens (tertiary/aromatic N) is 2. The predicted octanol–water partition coefficient (Wildman–Crippen LogP) is 1.72.